The second-order valence-corrected chi connectivity index (χ2v) is 4.64. The summed E-state index contributed by atoms with van der Waals surface area (Å²) in [6, 6.07) is 12.1. The lowest BCUT2D eigenvalue weighted by atomic mass is 10.0. The summed E-state index contributed by atoms with van der Waals surface area (Å²) in [5.41, 5.74) is 1.59. The van der Waals surface area contributed by atoms with E-state index in [0.29, 0.717) is 5.56 Å². The fraction of sp³-hybridized carbons (Fsp3) is 0.0625. The summed E-state index contributed by atoms with van der Waals surface area (Å²) < 4.78 is 40.8. The fourth-order valence-corrected chi connectivity index (χ4v) is 2.19. The molecule has 1 heterocycles. The zero-order valence-corrected chi connectivity index (χ0v) is 11.1. The van der Waals surface area contributed by atoms with Crippen LogP contribution in [0.1, 0.15) is 0 Å². The number of alkyl halides is 3. The van der Waals surface area contributed by atoms with Gasteiger partial charge in [-0.25, -0.2) is 0 Å². The van der Waals surface area contributed by atoms with Gasteiger partial charge in [-0.2, -0.15) is 0 Å². The van der Waals surface area contributed by atoms with E-state index < -0.39 is 6.36 Å². The summed E-state index contributed by atoms with van der Waals surface area (Å²) in [4.78, 5) is 4.17. The van der Waals surface area contributed by atoms with Gasteiger partial charge in [0.15, 0.2) is 0 Å². The third-order valence-corrected chi connectivity index (χ3v) is 3.12. The maximum Gasteiger partial charge on any atom is 0.573 e. The second kappa shape index (κ2) is 5.22. The van der Waals surface area contributed by atoms with Gasteiger partial charge in [0, 0.05) is 17.1 Å². The summed E-state index contributed by atoms with van der Waals surface area (Å²) in [6.07, 6.45) is -3.13. The van der Waals surface area contributed by atoms with E-state index >= 15 is 0 Å². The molecule has 0 unspecified atom stereocenters. The first-order chi connectivity index (χ1) is 10.4. The smallest absolute Gasteiger partial charge is 0.507 e. The van der Waals surface area contributed by atoms with Gasteiger partial charge < -0.3 is 9.84 Å². The minimum Gasteiger partial charge on any atom is -0.507 e. The minimum atomic E-state index is -4.78. The normalized spacial score (nSPS) is 11.6. The molecule has 0 aliphatic heterocycles. The minimum absolute atomic E-state index is 0.127. The molecule has 0 radical (unpaired) electrons. The predicted molar refractivity (Wildman–Crippen MR) is 75.5 cm³/mol. The highest BCUT2D eigenvalue weighted by molar-refractivity contribution is 5.85. The quantitative estimate of drug-likeness (QED) is 0.757. The van der Waals surface area contributed by atoms with Gasteiger partial charge in [0.25, 0.3) is 0 Å². The molecule has 22 heavy (non-hydrogen) atoms. The van der Waals surface area contributed by atoms with Crippen molar-refractivity contribution in [3.8, 4) is 22.6 Å². The molecule has 0 aliphatic carbocycles. The van der Waals surface area contributed by atoms with Gasteiger partial charge in [-0.1, -0.05) is 12.1 Å². The van der Waals surface area contributed by atoms with Crippen molar-refractivity contribution in [1.82, 2.24) is 4.98 Å². The third kappa shape index (κ3) is 2.95. The number of phenolic OH excluding ortho intramolecular Hbond substituents is 1. The van der Waals surface area contributed by atoms with Crippen LogP contribution in [0.4, 0.5) is 13.2 Å². The van der Waals surface area contributed by atoms with Crippen molar-refractivity contribution in [2.75, 3.05) is 0 Å². The number of benzene rings is 2. The van der Waals surface area contributed by atoms with Crippen LogP contribution in [0.5, 0.6) is 11.5 Å². The number of aromatic nitrogens is 1. The summed E-state index contributed by atoms with van der Waals surface area (Å²) >= 11 is 0. The number of hydrogen-bond acceptors (Lipinski definition) is 3. The third-order valence-electron chi connectivity index (χ3n) is 3.12. The maximum atomic E-state index is 12.3. The second-order valence-electron chi connectivity index (χ2n) is 4.64. The highest BCUT2D eigenvalue weighted by Gasteiger charge is 2.31. The molecule has 3 rings (SSSR count). The zero-order chi connectivity index (χ0) is 15.7. The number of phenols is 1. The Balaban J connectivity index is 2.07. The highest BCUT2D eigenvalue weighted by Crippen LogP contribution is 2.35. The van der Waals surface area contributed by atoms with Gasteiger partial charge in [0.05, 0.1) is 5.52 Å². The van der Waals surface area contributed by atoms with E-state index in [1.165, 1.54) is 6.07 Å². The molecule has 0 atom stereocenters. The van der Waals surface area contributed by atoms with Crippen molar-refractivity contribution in [1.29, 1.82) is 0 Å². The molecular weight excluding hydrogens is 295 g/mol. The molecule has 0 amide bonds. The van der Waals surface area contributed by atoms with Crippen molar-refractivity contribution in [3.05, 3.63) is 54.7 Å². The lowest BCUT2D eigenvalue weighted by Crippen LogP contribution is -2.17. The van der Waals surface area contributed by atoms with Gasteiger partial charge in [0.1, 0.15) is 11.5 Å². The fourth-order valence-electron chi connectivity index (χ4n) is 2.19. The standard InChI is InChI=1S/C16H10F3NO2/c17-16(18,19)22-12-4-6-15(21)13(9-12)10-3-5-14-11(8-10)2-1-7-20-14/h1-9,21H. The average molecular weight is 305 g/mol. The van der Waals surface area contributed by atoms with Crippen molar-refractivity contribution < 1.29 is 23.0 Å². The van der Waals surface area contributed by atoms with Gasteiger partial charge in [-0.05, 0) is 42.0 Å². The number of nitrogens with zero attached hydrogens (tertiary/aromatic N) is 1. The SMILES string of the molecule is Oc1ccc(OC(F)(F)F)cc1-c1ccc2ncccc2c1. The molecule has 0 saturated carbocycles. The molecule has 0 aliphatic rings. The first-order valence-corrected chi connectivity index (χ1v) is 6.36. The Labute approximate surface area is 123 Å². The molecule has 0 bridgehead atoms. The Hall–Kier alpha value is -2.76. The number of halogens is 3. The molecular formula is C16H10F3NO2. The molecule has 112 valence electrons. The Morgan fingerprint density at radius 2 is 1.82 bits per heavy atom. The summed E-state index contributed by atoms with van der Waals surface area (Å²) in [5, 5.41) is 10.7. The number of fused-ring (bicyclic) bond motifs is 1. The summed E-state index contributed by atoms with van der Waals surface area (Å²) in [6.45, 7) is 0. The molecule has 0 spiro atoms. The number of aromatic hydroxyl groups is 1. The lowest BCUT2D eigenvalue weighted by Gasteiger charge is -2.12. The van der Waals surface area contributed by atoms with Crippen LogP contribution < -0.4 is 4.74 Å². The van der Waals surface area contributed by atoms with Gasteiger partial charge >= 0.3 is 6.36 Å². The molecule has 6 heteroatoms. The van der Waals surface area contributed by atoms with Gasteiger partial charge in [0.2, 0.25) is 0 Å². The molecule has 1 N–H and O–H groups in total. The first kappa shape index (κ1) is 14.2. The van der Waals surface area contributed by atoms with Crippen molar-refractivity contribution >= 4 is 10.9 Å². The Morgan fingerprint density at radius 3 is 2.59 bits per heavy atom. The van der Waals surface area contributed by atoms with Crippen LogP contribution in [-0.4, -0.2) is 16.5 Å². The van der Waals surface area contributed by atoms with Crippen LogP contribution in [-0.2, 0) is 0 Å². The Kier molecular flexibility index (Phi) is 3.36. The molecule has 0 fully saturated rings. The van der Waals surface area contributed by atoms with Gasteiger partial charge in [-0.15, -0.1) is 13.2 Å². The number of hydrogen-bond donors (Lipinski definition) is 1. The maximum absolute atomic E-state index is 12.3. The van der Waals surface area contributed by atoms with E-state index in [1.54, 1.807) is 30.5 Å². The largest absolute Gasteiger partial charge is 0.573 e. The Bertz CT molecular complexity index is 831. The van der Waals surface area contributed by atoms with Gasteiger partial charge in [-0.3, -0.25) is 4.98 Å². The lowest BCUT2D eigenvalue weighted by molar-refractivity contribution is -0.274. The van der Waals surface area contributed by atoms with Crippen LogP contribution in [0.3, 0.4) is 0 Å². The van der Waals surface area contributed by atoms with Crippen LogP contribution in [0.2, 0.25) is 0 Å². The van der Waals surface area contributed by atoms with E-state index in [4.69, 9.17) is 0 Å². The van der Waals surface area contributed by atoms with E-state index in [2.05, 4.69) is 9.72 Å². The highest BCUT2D eigenvalue weighted by atomic mass is 19.4. The van der Waals surface area contributed by atoms with Crippen LogP contribution >= 0.6 is 0 Å². The number of pyridine rings is 1. The summed E-state index contributed by atoms with van der Waals surface area (Å²) in [7, 11) is 0. The number of ether oxygens (including phenoxy) is 1. The first-order valence-electron chi connectivity index (χ1n) is 6.36. The number of rotatable bonds is 2. The molecule has 3 aromatic rings. The van der Waals surface area contributed by atoms with Crippen molar-refractivity contribution in [2.45, 2.75) is 6.36 Å². The Morgan fingerprint density at radius 1 is 1.00 bits per heavy atom. The summed E-state index contributed by atoms with van der Waals surface area (Å²) in [5.74, 6) is -0.510. The van der Waals surface area contributed by atoms with Crippen molar-refractivity contribution in [3.63, 3.8) is 0 Å². The van der Waals surface area contributed by atoms with E-state index in [0.717, 1.165) is 23.0 Å². The topological polar surface area (TPSA) is 42.4 Å². The van der Waals surface area contributed by atoms with E-state index in [1.807, 2.05) is 6.07 Å². The van der Waals surface area contributed by atoms with E-state index in [9.17, 15) is 18.3 Å². The molecule has 1 aromatic heterocycles. The van der Waals surface area contributed by atoms with Crippen LogP contribution in [0.15, 0.2) is 54.7 Å². The predicted octanol–water partition coefficient (Wildman–Crippen LogP) is 4.51. The molecule has 0 saturated heterocycles. The van der Waals surface area contributed by atoms with Crippen LogP contribution in [0.25, 0.3) is 22.0 Å². The zero-order valence-electron chi connectivity index (χ0n) is 11.1. The average Bonchev–Trinajstić information content (AvgIpc) is 2.47. The van der Waals surface area contributed by atoms with E-state index in [-0.39, 0.29) is 17.1 Å². The molecule has 3 nitrogen and oxygen atoms in total. The monoisotopic (exact) mass is 305 g/mol. The van der Waals surface area contributed by atoms with Crippen LogP contribution in [0, 0.1) is 0 Å². The molecule has 2 aromatic carbocycles. The van der Waals surface area contributed by atoms with Crippen molar-refractivity contribution in [2.24, 2.45) is 0 Å².